The van der Waals surface area contributed by atoms with Crippen LogP contribution in [0.1, 0.15) is 22.5 Å². The third-order valence-electron chi connectivity index (χ3n) is 2.97. The van der Waals surface area contributed by atoms with Crippen molar-refractivity contribution >= 4 is 5.84 Å². The minimum atomic E-state index is 0.0106. The van der Waals surface area contributed by atoms with Crippen LogP contribution in [0, 0.1) is 6.92 Å². The van der Waals surface area contributed by atoms with Gasteiger partial charge < -0.3 is 16.3 Å². The predicted octanol–water partition coefficient (Wildman–Crippen LogP) is 1.17. The maximum Gasteiger partial charge on any atom is 0.189 e. The first-order chi connectivity index (χ1) is 9.72. The summed E-state index contributed by atoms with van der Waals surface area (Å²) in [6.45, 7) is 3.24. The Hall–Kier alpha value is -2.47. The lowest BCUT2D eigenvalue weighted by Crippen LogP contribution is -2.21. The first-order valence-electron chi connectivity index (χ1n) is 6.25. The number of amidine groups is 1. The fourth-order valence-corrected chi connectivity index (χ4v) is 1.88. The van der Waals surface area contributed by atoms with Crippen molar-refractivity contribution in [2.45, 2.75) is 20.0 Å². The highest BCUT2D eigenvalue weighted by Gasteiger charge is 2.08. The third-order valence-corrected chi connectivity index (χ3v) is 2.97. The maximum absolute atomic E-state index is 8.75. The summed E-state index contributed by atoms with van der Waals surface area (Å²) in [5, 5.41) is 15.0. The number of hydrogen-bond donors (Lipinski definition) is 3. The topological polar surface area (TPSA) is 96.4 Å². The van der Waals surface area contributed by atoms with E-state index in [1.165, 1.54) is 0 Å². The molecule has 0 saturated heterocycles. The summed E-state index contributed by atoms with van der Waals surface area (Å²) in [6.07, 6.45) is 3.38. The molecule has 6 heteroatoms. The van der Waals surface area contributed by atoms with Gasteiger partial charge in [-0.3, -0.25) is 9.97 Å². The van der Waals surface area contributed by atoms with Crippen LogP contribution < -0.4 is 11.1 Å². The van der Waals surface area contributed by atoms with Crippen LogP contribution >= 0.6 is 0 Å². The SMILES string of the molecule is Cc1cccnc1CNCc1cccnc1C(N)=NO. The van der Waals surface area contributed by atoms with Crippen molar-refractivity contribution in [3.8, 4) is 0 Å². The molecule has 0 aliphatic rings. The molecule has 4 N–H and O–H groups in total. The largest absolute Gasteiger partial charge is 0.409 e. The monoisotopic (exact) mass is 271 g/mol. The fourth-order valence-electron chi connectivity index (χ4n) is 1.88. The average Bonchev–Trinajstić information content (AvgIpc) is 2.49. The van der Waals surface area contributed by atoms with E-state index in [-0.39, 0.29) is 5.84 Å². The van der Waals surface area contributed by atoms with Crippen molar-refractivity contribution in [1.82, 2.24) is 15.3 Å². The van der Waals surface area contributed by atoms with E-state index < -0.39 is 0 Å². The molecule has 2 heterocycles. The number of nitrogens with one attached hydrogen (secondary N) is 1. The molecule has 0 aliphatic heterocycles. The van der Waals surface area contributed by atoms with E-state index >= 15 is 0 Å². The number of aryl methyl sites for hydroxylation is 1. The Bertz CT molecular complexity index is 612. The Morgan fingerprint density at radius 3 is 2.75 bits per heavy atom. The van der Waals surface area contributed by atoms with Crippen molar-refractivity contribution in [2.24, 2.45) is 10.9 Å². The quantitative estimate of drug-likeness (QED) is 0.328. The minimum Gasteiger partial charge on any atom is -0.409 e. The zero-order valence-electron chi connectivity index (χ0n) is 11.2. The average molecular weight is 271 g/mol. The molecule has 6 nitrogen and oxygen atoms in total. The van der Waals surface area contributed by atoms with Gasteiger partial charge in [0.05, 0.1) is 5.69 Å². The third kappa shape index (κ3) is 3.30. The van der Waals surface area contributed by atoms with Gasteiger partial charge in [-0.05, 0) is 30.2 Å². The first kappa shape index (κ1) is 14.0. The lowest BCUT2D eigenvalue weighted by molar-refractivity contribution is 0.318. The molecule has 0 unspecified atom stereocenters. The summed E-state index contributed by atoms with van der Waals surface area (Å²) in [5.41, 5.74) is 9.10. The molecule has 0 spiro atoms. The molecule has 0 aliphatic carbocycles. The van der Waals surface area contributed by atoms with Crippen LogP contribution in [0.3, 0.4) is 0 Å². The molecule has 104 valence electrons. The second kappa shape index (κ2) is 6.63. The Balaban J connectivity index is 2.03. The van der Waals surface area contributed by atoms with E-state index in [2.05, 4.69) is 20.4 Å². The molecule has 2 aromatic rings. The number of oxime groups is 1. The standard InChI is InChI=1S/C14H17N5O/c1-10-4-2-6-17-12(10)9-16-8-11-5-3-7-18-13(11)14(15)19-20/h2-7,16,20H,8-9H2,1H3,(H2,15,19). The van der Waals surface area contributed by atoms with Crippen LogP contribution in [0.4, 0.5) is 0 Å². The lowest BCUT2D eigenvalue weighted by Gasteiger charge is -2.09. The molecule has 20 heavy (non-hydrogen) atoms. The van der Waals surface area contributed by atoms with Gasteiger partial charge in [-0.1, -0.05) is 17.3 Å². The summed E-state index contributed by atoms with van der Waals surface area (Å²) in [6, 6.07) is 7.64. The highest BCUT2D eigenvalue weighted by atomic mass is 16.4. The number of nitrogens with two attached hydrogens (primary N) is 1. The highest BCUT2D eigenvalue weighted by molar-refractivity contribution is 5.96. The number of aromatic nitrogens is 2. The number of rotatable bonds is 5. The van der Waals surface area contributed by atoms with Crippen LogP contribution in [-0.2, 0) is 13.1 Å². The molecule has 0 fully saturated rings. The normalized spacial score (nSPS) is 11.6. The maximum atomic E-state index is 8.75. The second-order valence-electron chi connectivity index (χ2n) is 4.37. The summed E-state index contributed by atoms with van der Waals surface area (Å²) in [4.78, 5) is 8.44. The molecule has 0 bridgehead atoms. The van der Waals surface area contributed by atoms with Crippen LogP contribution in [-0.4, -0.2) is 21.0 Å². The van der Waals surface area contributed by atoms with Gasteiger partial charge in [0.1, 0.15) is 5.69 Å². The van der Waals surface area contributed by atoms with Gasteiger partial charge in [-0.25, -0.2) is 0 Å². The van der Waals surface area contributed by atoms with Crippen LogP contribution in [0.2, 0.25) is 0 Å². The lowest BCUT2D eigenvalue weighted by atomic mass is 10.1. The van der Waals surface area contributed by atoms with E-state index in [0.717, 1.165) is 16.8 Å². The Morgan fingerprint density at radius 2 is 2.00 bits per heavy atom. The van der Waals surface area contributed by atoms with E-state index in [4.69, 9.17) is 10.9 Å². The van der Waals surface area contributed by atoms with Crippen LogP contribution in [0.15, 0.2) is 41.8 Å². The molecule has 0 saturated carbocycles. The Labute approximate surface area is 117 Å². The van der Waals surface area contributed by atoms with E-state index in [1.54, 1.807) is 12.4 Å². The molecule has 0 atom stereocenters. The highest BCUT2D eigenvalue weighted by Crippen LogP contribution is 2.06. The van der Waals surface area contributed by atoms with Gasteiger partial charge >= 0.3 is 0 Å². The van der Waals surface area contributed by atoms with Gasteiger partial charge in [0.15, 0.2) is 5.84 Å². The molecular weight excluding hydrogens is 254 g/mol. The van der Waals surface area contributed by atoms with Gasteiger partial charge in [0.25, 0.3) is 0 Å². The Kier molecular flexibility index (Phi) is 4.62. The summed E-state index contributed by atoms with van der Waals surface area (Å²) in [5.74, 6) is 0.0106. The van der Waals surface area contributed by atoms with Gasteiger partial charge in [-0.15, -0.1) is 0 Å². The van der Waals surface area contributed by atoms with Crippen LogP contribution in [0.25, 0.3) is 0 Å². The summed E-state index contributed by atoms with van der Waals surface area (Å²) < 4.78 is 0. The molecular formula is C14H17N5O. The number of pyridine rings is 2. The second-order valence-corrected chi connectivity index (χ2v) is 4.37. The molecule has 0 amide bonds. The van der Waals surface area contributed by atoms with Crippen LogP contribution in [0.5, 0.6) is 0 Å². The summed E-state index contributed by atoms with van der Waals surface area (Å²) >= 11 is 0. The Morgan fingerprint density at radius 1 is 1.25 bits per heavy atom. The van der Waals surface area contributed by atoms with E-state index in [1.807, 2.05) is 31.2 Å². The number of nitrogens with zero attached hydrogens (tertiary/aromatic N) is 3. The van der Waals surface area contributed by atoms with E-state index in [9.17, 15) is 0 Å². The first-order valence-corrected chi connectivity index (χ1v) is 6.25. The van der Waals surface area contributed by atoms with Crippen molar-refractivity contribution in [2.75, 3.05) is 0 Å². The van der Waals surface area contributed by atoms with E-state index in [0.29, 0.717) is 18.8 Å². The molecule has 0 radical (unpaired) electrons. The predicted molar refractivity (Wildman–Crippen MR) is 76.3 cm³/mol. The van der Waals surface area contributed by atoms with Gasteiger partial charge in [0.2, 0.25) is 0 Å². The number of hydrogen-bond acceptors (Lipinski definition) is 5. The zero-order valence-corrected chi connectivity index (χ0v) is 11.2. The summed E-state index contributed by atoms with van der Waals surface area (Å²) in [7, 11) is 0. The zero-order chi connectivity index (χ0) is 14.4. The fraction of sp³-hybridized carbons (Fsp3) is 0.214. The van der Waals surface area contributed by atoms with Crippen molar-refractivity contribution in [1.29, 1.82) is 0 Å². The van der Waals surface area contributed by atoms with Gasteiger partial charge in [0, 0.05) is 25.5 Å². The van der Waals surface area contributed by atoms with Crippen molar-refractivity contribution in [3.63, 3.8) is 0 Å². The molecule has 2 rings (SSSR count). The smallest absolute Gasteiger partial charge is 0.189 e. The van der Waals surface area contributed by atoms with Crippen molar-refractivity contribution < 1.29 is 5.21 Å². The molecule has 2 aromatic heterocycles. The van der Waals surface area contributed by atoms with Gasteiger partial charge in [-0.2, -0.15) is 0 Å². The minimum absolute atomic E-state index is 0.0106. The van der Waals surface area contributed by atoms with Crippen molar-refractivity contribution in [3.05, 3.63) is 59.2 Å². The molecule has 0 aromatic carbocycles.